The molecule has 0 spiro atoms. The molecule has 0 aliphatic carbocycles. The van der Waals surface area contributed by atoms with Gasteiger partial charge in [-0.15, -0.1) is 0 Å². The molecule has 3 N–H and O–H groups in total. The minimum atomic E-state index is -0.932. The number of esters is 2. The fourth-order valence-electron chi connectivity index (χ4n) is 2.84. The first-order valence-electron chi connectivity index (χ1n) is 7.18. The van der Waals surface area contributed by atoms with Crippen molar-refractivity contribution in [3.05, 3.63) is 46.3 Å². The van der Waals surface area contributed by atoms with Crippen LogP contribution in [0.15, 0.2) is 40.7 Å². The molecule has 0 bridgehead atoms. The molecule has 1 aromatic rings. The van der Waals surface area contributed by atoms with E-state index in [0.717, 1.165) is 0 Å². The maximum absolute atomic E-state index is 12.3. The Bertz CT molecular complexity index is 724. The summed E-state index contributed by atoms with van der Waals surface area (Å²) in [6, 6.07) is 3.90. The van der Waals surface area contributed by atoms with E-state index in [1.54, 1.807) is 13.8 Å². The average molecular weight is 333 g/mol. The van der Waals surface area contributed by atoms with Crippen molar-refractivity contribution in [1.82, 2.24) is 5.32 Å². The van der Waals surface area contributed by atoms with Crippen LogP contribution in [-0.2, 0) is 19.1 Å². The minimum Gasteiger partial charge on any atom is -0.508 e. The van der Waals surface area contributed by atoms with Crippen LogP contribution >= 0.6 is 0 Å². The molecular formula is C17H19NO6. The van der Waals surface area contributed by atoms with Crippen LogP contribution in [0.5, 0.6) is 11.5 Å². The normalized spacial score (nSPS) is 15.2. The van der Waals surface area contributed by atoms with Crippen LogP contribution in [0.25, 0.3) is 0 Å². The molecule has 0 amide bonds. The fourth-order valence-corrected chi connectivity index (χ4v) is 2.84. The van der Waals surface area contributed by atoms with Crippen LogP contribution in [0.1, 0.15) is 25.3 Å². The van der Waals surface area contributed by atoms with Gasteiger partial charge in [-0.2, -0.15) is 0 Å². The third-order valence-electron chi connectivity index (χ3n) is 3.89. The van der Waals surface area contributed by atoms with Crippen molar-refractivity contribution in [1.29, 1.82) is 0 Å². The Morgan fingerprint density at radius 3 is 1.96 bits per heavy atom. The van der Waals surface area contributed by atoms with Gasteiger partial charge in [-0.3, -0.25) is 0 Å². The van der Waals surface area contributed by atoms with Crippen molar-refractivity contribution < 1.29 is 29.3 Å². The van der Waals surface area contributed by atoms with Gasteiger partial charge in [0.15, 0.2) is 0 Å². The van der Waals surface area contributed by atoms with Gasteiger partial charge in [0, 0.05) is 17.0 Å². The number of hydrogen-bond acceptors (Lipinski definition) is 7. The Balaban J connectivity index is 2.77. The summed E-state index contributed by atoms with van der Waals surface area (Å²) in [5.74, 6) is -2.50. The Morgan fingerprint density at radius 1 is 1.00 bits per heavy atom. The van der Waals surface area contributed by atoms with E-state index in [1.807, 2.05) is 0 Å². The molecule has 0 atom stereocenters. The van der Waals surface area contributed by atoms with E-state index >= 15 is 0 Å². The molecule has 1 heterocycles. The van der Waals surface area contributed by atoms with Gasteiger partial charge in [0.2, 0.25) is 0 Å². The van der Waals surface area contributed by atoms with Crippen molar-refractivity contribution >= 4 is 11.9 Å². The van der Waals surface area contributed by atoms with Crippen LogP contribution in [-0.4, -0.2) is 36.4 Å². The van der Waals surface area contributed by atoms with Crippen LogP contribution in [0.2, 0.25) is 0 Å². The largest absolute Gasteiger partial charge is 0.508 e. The second-order valence-electron chi connectivity index (χ2n) is 5.36. The molecule has 1 aliphatic heterocycles. The average Bonchev–Trinajstić information content (AvgIpc) is 2.55. The Hall–Kier alpha value is -2.96. The lowest BCUT2D eigenvalue weighted by Crippen LogP contribution is -2.32. The van der Waals surface area contributed by atoms with E-state index < -0.39 is 17.9 Å². The van der Waals surface area contributed by atoms with Gasteiger partial charge in [-0.05, 0) is 32.0 Å². The Kier molecular flexibility index (Phi) is 4.82. The lowest BCUT2D eigenvalue weighted by atomic mass is 9.80. The summed E-state index contributed by atoms with van der Waals surface area (Å²) in [5, 5.41) is 23.0. The number of ether oxygens (including phenoxy) is 2. The molecule has 7 nitrogen and oxygen atoms in total. The molecule has 1 aliphatic rings. The monoisotopic (exact) mass is 333 g/mol. The summed E-state index contributed by atoms with van der Waals surface area (Å²) >= 11 is 0. The summed E-state index contributed by atoms with van der Waals surface area (Å²) in [6.45, 7) is 3.33. The lowest BCUT2D eigenvalue weighted by Gasteiger charge is -2.30. The van der Waals surface area contributed by atoms with Gasteiger partial charge in [0.05, 0.1) is 31.3 Å². The minimum absolute atomic E-state index is 0.106. The SMILES string of the molecule is COC(=O)C1=C(C)NC(C)=C(C(=O)OC)C1c1cc(O)ccc1O. The van der Waals surface area contributed by atoms with E-state index in [9.17, 15) is 19.8 Å². The Labute approximate surface area is 139 Å². The van der Waals surface area contributed by atoms with Gasteiger partial charge in [0.1, 0.15) is 11.5 Å². The molecule has 0 saturated heterocycles. The topological polar surface area (TPSA) is 105 Å². The molecule has 0 unspecified atom stereocenters. The van der Waals surface area contributed by atoms with E-state index in [1.165, 1.54) is 32.4 Å². The lowest BCUT2D eigenvalue weighted by molar-refractivity contribution is -0.137. The number of benzene rings is 1. The third-order valence-corrected chi connectivity index (χ3v) is 3.89. The van der Waals surface area contributed by atoms with Crippen molar-refractivity contribution in [2.45, 2.75) is 19.8 Å². The number of aromatic hydroxyl groups is 2. The first-order valence-corrected chi connectivity index (χ1v) is 7.18. The molecule has 24 heavy (non-hydrogen) atoms. The summed E-state index contributed by atoms with van der Waals surface area (Å²) in [6.07, 6.45) is 0. The Morgan fingerprint density at radius 2 is 1.50 bits per heavy atom. The number of methoxy groups -OCH3 is 2. The zero-order valence-electron chi connectivity index (χ0n) is 13.8. The van der Waals surface area contributed by atoms with Gasteiger partial charge in [0.25, 0.3) is 0 Å². The summed E-state index contributed by atoms with van der Waals surface area (Å²) in [7, 11) is 2.45. The number of phenols is 2. The molecule has 2 rings (SSSR count). The molecule has 0 saturated carbocycles. The molecule has 1 aromatic carbocycles. The van der Waals surface area contributed by atoms with Gasteiger partial charge in [-0.25, -0.2) is 9.59 Å². The summed E-state index contributed by atoms with van der Waals surface area (Å²) in [4.78, 5) is 24.6. The van der Waals surface area contributed by atoms with E-state index in [-0.39, 0.29) is 28.2 Å². The summed E-state index contributed by atoms with van der Waals surface area (Å²) in [5.41, 5.74) is 1.49. The molecule has 0 aromatic heterocycles. The highest BCUT2D eigenvalue weighted by Crippen LogP contribution is 2.43. The highest BCUT2D eigenvalue weighted by Gasteiger charge is 2.38. The first-order chi connectivity index (χ1) is 11.3. The third kappa shape index (κ3) is 2.92. The summed E-state index contributed by atoms with van der Waals surface area (Å²) < 4.78 is 9.65. The van der Waals surface area contributed by atoms with Gasteiger partial charge in [-0.1, -0.05) is 0 Å². The number of allylic oxidation sites excluding steroid dienone is 2. The highest BCUT2D eigenvalue weighted by atomic mass is 16.5. The number of dihydropyridines is 1. The smallest absolute Gasteiger partial charge is 0.336 e. The van der Waals surface area contributed by atoms with Gasteiger partial charge >= 0.3 is 11.9 Å². The fraction of sp³-hybridized carbons (Fsp3) is 0.294. The van der Waals surface area contributed by atoms with Gasteiger partial charge < -0.3 is 25.0 Å². The predicted octanol–water partition coefficient (Wildman–Crippen LogP) is 1.68. The number of carbonyl (C=O) groups is 2. The second-order valence-corrected chi connectivity index (χ2v) is 5.36. The maximum Gasteiger partial charge on any atom is 0.336 e. The quantitative estimate of drug-likeness (QED) is 0.571. The molecule has 0 fully saturated rings. The van der Waals surface area contributed by atoms with E-state index in [2.05, 4.69) is 5.32 Å². The maximum atomic E-state index is 12.3. The number of hydrogen-bond donors (Lipinski definition) is 3. The van der Waals surface area contributed by atoms with Crippen molar-refractivity contribution in [2.24, 2.45) is 0 Å². The van der Waals surface area contributed by atoms with Crippen molar-refractivity contribution in [2.75, 3.05) is 14.2 Å². The zero-order valence-corrected chi connectivity index (χ0v) is 13.8. The van der Waals surface area contributed by atoms with Crippen LogP contribution in [0, 0.1) is 0 Å². The van der Waals surface area contributed by atoms with Crippen LogP contribution in [0.4, 0.5) is 0 Å². The van der Waals surface area contributed by atoms with Crippen LogP contribution in [0.3, 0.4) is 0 Å². The number of nitrogens with one attached hydrogen (secondary N) is 1. The second kappa shape index (κ2) is 6.66. The molecular weight excluding hydrogens is 314 g/mol. The number of phenolic OH excluding ortho intramolecular Hbond substituents is 2. The zero-order chi connectivity index (χ0) is 18.0. The van der Waals surface area contributed by atoms with Crippen molar-refractivity contribution in [3.63, 3.8) is 0 Å². The van der Waals surface area contributed by atoms with Crippen molar-refractivity contribution in [3.8, 4) is 11.5 Å². The van der Waals surface area contributed by atoms with E-state index in [4.69, 9.17) is 9.47 Å². The number of rotatable bonds is 3. The molecule has 7 heteroatoms. The van der Waals surface area contributed by atoms with E-state index in [0.29, 0.717) is 11.4 Å². The number of carbonyl (C=O) groups excluding carboxylic acids is 2. The standard InChI is InChI=1S/C17H19NO6/c1-8-13(16(21)23-3)15(11-7-10(19)5-6-12(11)20)14(9(2)18-8)17(22)24-4/h5-7,15,18-20H,1-4H3. The van der Waals surface area contributed by atoms with Crippen LogP contribution < -0.4 is 5.32 Å². The molecule has 0 radical (unpaired) electrons. The predicted molar refractivity (Wildman–Crippen MR) is 85.1 cm³/mol. The highest BCUT2D eigenvalue weighted by molar-refractivity contribution is 6.00. The molecule has 128 valence electrons. The first kappa shape index (κ1) is 17.4.